The van der Waals surface area contributed by atoms with Gasteiger partial charge in [-0.25, -0.2) is 4.79 Å². The third-order valence-electron chi connectivity index (χ3n) is 2.09. The van der Waals surface area contributed by atoms with Gasteiger partial charge in [0.1, 0.15) is 6.04 Å². The molecule has 14 heavy (non-hydrogen) atoms. The van der Waals surface area contributed by atoms with Crippen molar-refractivity contribution in [1.82, 2.24) is 4.90 Å². The van der Waals surface area contributed by atoms with Gasteiger partial charge >= 0.3 is 5.97 Å². The maximum atomic E-state index is 11.3. The highest BCUT2D eigenvalue weighted by Crippen LogP contribution is 2.16. The number of carboxylic acids is 1. The zero-order valence-electron chi connectivity index (χ0n) is 7.47. The summed E-state index contributed by atoms with van der Waals surface area (Å²) in [6, 6.07) is -1.13. The molecule has 0 spiro atoms. The van der Waals surface area contributed by atoms with Crippen LogP contribution in [-0.2, 0) is 14.4 Å². The van der Waals surface area contributed by atoms with Gasteiger partial charge in [0.05, 0.1) is 0 Å². The molecule has 5 nitrogen and oxygen atoms in total. The lowest BCUT2D eigenvalue weighted by atomic mass is 10.1. The fourth-order valence-corrected chi connectivity index (χ4v) is 1.71. The summed E-state index contributed by atoms with van der Waals surface area (Å²) in [5, 5.41) is 8.77. The Kier molecular flexibility index (Phi) is 3.51. The van der Waals surface area contributed by atoms with Crippen LogP contribution in [0.25, 0.3) is 0 Å². The maximum Gasteiger partial charge on any atom is 0.327 e. The Morgan fingerprint density at radius 1 is 1.43 bits per heavy atom. The van der Waals surface area contributed by atoms with Crippen LogP contribution in [0.1, 0.15) is 19.3 Å². The van der Waals surface area contributed by atoms with Crippen molar-refractivity contribution in [2.24, 2.45) is 0 Å². The summed E-state index contributed by atoms with van der Waals surface area (Å²) in [4.78, 5) is 34.2. The Balaban J connectivity index is 2.85. The van der Waals surface area contributed by atoms with Crippen LogP contribution in [0, 0.1) is 0 Å². The summed E-state index contributed by atoms with van der Waals surface area (Å²) < 4.78 is 0. The molecule has 0 aromatic heterocycles. The van der Waals surface area contributed by atoms with Gasteiger partial charge in [-0.15, -0.1) is 0 Å². The van der Waals surface area contributed by atoms with Gasteiger partial charge in [0, 0.05) is 18.6 Å². The minimum atomic E-state index is -1.19. The van der Waals surface area contributed by atoms with E-state index in [4.69, 9.17) is 5.11 Å². The van der Waals surface area contributed by atoms with E-state index in [2.05, 4.69) is 12.6 Å². The first-order valence-electron chi connectivity index (χ1n) is 4.26. The van der Waals surface area contributed by atoms with Gasteiger partial charge in [-0.1, -0.05) is 0 Å². The van der Waals surface area contributed by atoms with Crippen molar-refractivity contribution in [3.63, 3.8) is 0 Å². The predicted octanol–water partition coefficient (Wildman–Crippen LogP) is -0.0915. The van der Waals surface area contributed by atoms with E-state index in [1.54, 1.807) is 0 Å². The number of thiol groups is 1. The van der Waals surface area contributed by atoms with Crippen molar-refractivity contribution in [2.75, 3.05) is 5.75 Å². The number of carboxylic acid groups (broad SMARTS) is 1. The molecule has 1 saturated heterocycles. The number of hydrogen-bond acceptors (Lipinski definition) is 4. The number of carbonyl (C=O) groups excluding carboxylic acids is 2. The summed E-state index contributed by atoms with van der Waals surface area (Å²) in [5.74, 6) is -2.07. The standard InChI is InChI=1S/C8H11NO4S/c10-6-2-1-3-7(11)9(6)5(4-14)8(12)13/h5,14H,1-4H2,(H,12,13). The Labute approximate surface area is 86.5 Å². The monoisotopic (exact) mass is 217 g/mol. The minimum absolute atomic E-state index is 0.0488. The molecule has 0 aromatic carbocycles. The molecular weight excluding hydrogens is 206 g/mol. The molecule has 0 bridgehead atoms. The lowest BCUT2D eigenvalue weighted by Crippen LogP contribution is -2.51. The number of hydrogen-bond donors (Lipinski definition) is 2. The second kappa shape index (κ2) is 4.45. The number of nitrogens with zero attached hydrogens (tertiary/aromatic N) is 1. The Hall–Kier alpha value is -1.04. The first kappa shape index (κ1) is 11.0. The second-order valence-corrected chi connectivity index (χ2v) is 3.41. The summed E-state index contributed by atoms with van der Waals surface area (Å²) in [5.41, 5.74) is 0. The molecule has 0 radical (unpaired) electrons. The Morgan fingerprint density at radius 2 is 1.93 bits per heavy atom. The number of imide groups is 1. The van der Waals surface area contributed by atoms with E-state index >= 15 is 0 Å². The van der Waals surface area contributed by atoms with Crippen LogP contribution in [-0.4, -0.2) is 39.6 Å². The first-order valence-corrected chi connectivity index (χ1v) is 4.89. The molecule has 0 aliphatic carbocycles. The van der Waals surface area contributed by atoms with Crippen LogP contribution in [0.2, 0.25) is 0 Å². The topological polar surface area (TPSA) is 74.7 Å². The van der Waals surface area contributed by atoms with Crippen LogP contribution < -0.4 is 0 Å². The van der Waals surface area contributed by atoms with Gasteiger partial charge in [0.2, 0.25) is 11.8 Å². The van der Waals surface area contributed by atoms with E-state index in [0.29, 0.717) is 6.42 Å². The zero-order valence-corrected chi connectivity index (χ0v) is 8.37. The van der Waals surface area contributed by atoms with Gasteiger partial charge in [-0.2, -0.15) is 12.6 Å². The molecule has 1 N–H and O–H groups in total. The number of rotatable bonds is 3. The average Bonchev–Trinajstić information content (AvgIpc) is 2.10. The molecule has 1 unspecified atom stereocenters. The number of aliphatic carboxylic acids is 1. The molecule has 78 valence electrons. The van der Waals surface area contributed by atoms with E-state index in [0.717, 1.165) is 4.90 Å². The fourth-order valence-electron chi connectivity index (χ4n) is 1.39. The molecule has 1 aliphatic rings. The van der Waals surface area contributed by atoms with Gasteiger partial charge < -0.3 is 5.11 Å². The van der Waals surface area contributed by atoms with Crippen molar-refractivity contribution >= 4 is 30.4 Å². The summed E-state index contributed by atoms with van der Waals surface area (Å²) in [6.45, 7) is 0. The highest BCUT2D eigenvalue weighted by Gasteiger charge is 2.35. The number of piperidine rings is 1. The largest absolute Gasteiger partial charge is 0.480 e. The van der Waals surface area contributed by atoms with Gasteiger partial charge in [0.15, 0.2) is 0 Å². The summed E-state index contributed by atoms with van der Waals surface area (Å²) in [7, 11) is 0. The van der Waals surface area contributed by atoms with Gasteiger partial charge in [0.25, 0.3) is 0 Å². The predicted molar refractivity (Wildman–Crippen MR) is 51.0 cm³/mol. The van der Waals surface area contributed by atoms with Crippen LogP contribution in [0.15, 0.2) is 0 Å². The van der Waals surface area contributed by atoms with Crippen LogP contribution in [0.5, 0.6) is 0 Å². The highest BCUT2D eigenvalue weighted by atomic mass is 32.1. The quantitative estimate of drug-likeness (QED) is 0.511. The van der Waals surface area contributed by atoms with Gasteiger partial charge in [-0.05, 0) is 6.42 Å². The van der Waals surface area contributed by atoms with Crippen molar-refractivity contribution < 1.29 is 19.5 Å². The van der Waals surface area contributed by atoms with Crippen molar-refractivity contribution in [3.8, 4) is 0 Å². The molecule has 1 fully saturated rings. The third-order valence-corrected chi connectivity index (χ3v) is 2.43. The van der Waals surface area contributed by atoms with Crippen LogP contribution in [0.3, 0.4) is 0 Å². The molecule has 0 aromatic rings. The smallest absolute Gasteiger partial charge is 0.327 e. The number of amides is 2. The Morgan fingerprint density at radius 3 is 2.29 bits per heavy atom. The van der Waals surface area contributed by atoms with Crippen LogP contribution >= 0.6 is 12.6 Å². The highest BCUT2D eigenvalue weighted by molar-refractivity contribution is 7.80. The third kappa shape index (κ3) is 2.06. The van der Waals surface area contributed by atoms with Crippen LogP contribution in [0.4, 0.5) is 0 Å². The van der Waals surface area contributed by atoms with E-state index < -0.39 is 23.8 Å². The molecule has 6 heteroatoms. The molecule has 2 amide bonds. The Bertz CT molecular complexity index is 263. The summed E-state index contributed by atoms with van der Waals surface area (Å²) >= 11 is 3.82. The summed E-state index contributed by atoms with van der Waals surface area (Å²) in [6.07, 6.45) is 0.986. The molecule has 1 aliphatic heterocycles. The SMILES string of the molecule is O=C(O)C(CS)N1C(=O)CCCC1=O. The van der Waals surface area contributed by atoms with E-state index in [9.17, 15) is 14.4 Å². The van der Waals surface area contributed by atoms with Crippen molar-refractivity contribution in [2.45, 2.75) is 25.3 Å². The molecule has 1 rings (SSSR count). The van der Waals surface area contributed by atoms with Crippen molar-refractivity contribution in [3.05, 3.63) is 0 Å². The average molecular weight is 217 g/mol. The van der Waals surface area contributed by atoms with E-state index in [-0.39, 0.29) is 18.6 Å². The molecule has 1 atom stereocenters. The lowest BCUT2D eigenvalue weighted by Gasteiger charge is -2.29. The number of carbonyl (C=O) groups is 3. The minimum Gasteiger partial charge on any atom is -0.480 e. The second-order valence-electron chi connectivity index (χ2n) is 3.05. The van der Waals surface area contributed by atoms with Gasteiger partial charge in [-0.3, -0.25) is 14.5 Å². The zero-order chi connectivity index (χ0) is 10.7. The normalized spacial score (nSPS) is 19.6. The van der Waals surface area contributed by atoms with E-state index in [1.807, 2.05) is 0 Å². The van der Waals surface area contributed by atoms with Crippen molar-refractivity contribution in [1.29, 1.82) is 0 Å². The first-order chi connectivity index (χ1) is 6.57. The lowest BCUT2D eigenvalue weighted by molar-refractivity contribution is -0.159. The fraction of sp³-hybridized carbons (Fsp3) is 0.625. The molecule has 1 heterocycles. The number of likely N-dealkylation sites (tertiary alicyclic amines) is 1. The molecular formula is C8H11NO4S. The van der Waals surface area contributed by atoms with E-state index in [1.165, 1.54) is 0 Å². The maximum absolute atomic E-state index is 11.3. The molecule has 0 saturated carbocycles.